The van der Waals surface area contributed by atoms with E-state index in [2.05, 4.69) is 10.3 Å². The third-order valence-corrected chi connectivity index (χ3v) is 4.31. The fourth-order valence-electron chi connectivity index (χ4n) is 2.13. The largest absolute Gasteiger partial charge is 0.465 e. The second-order valence-electron chi connectivity index (χ2n) is 4.88. The lowest BCUT2D eigenvalue weighted by molar-refractivity contribution is -0.384. The molecule has 0 saturated heterocycles. The predicted molar refractivity (Wildman–Crippen MR) is 90.3 cm³/mol. The molecule has 0 spiro atoms. The van der Waals surface area contributed by atoms with Crippen molar-refractivity contribution < 1.29 is 19.2 Å². The average Bonchev–Trinajstić information content (AvgIpc) is 2.53. The maximum absolute atomic E-state index is 12.1. The molecule has 1 aromatic rings. The second kappa shape index (κ2) is 7.26. The summed E-state index contributed by atoms with van der Waals surface area (Å²) in [6, 6.07) is 5.80. The highest BCUT2D eigenvalue weighted by atomic mass is 32.2. The molecule has 1 heterocycles. The number of carbonyl (C=O) groups is 2. The minimum absolute atomic E-state index is 0.0522. The Hall–Kier alpha value is -2.68. The van der Waals surface area contributed by atoms with Crippen LogP contribution >= 0.6 is 11.8 Å². The maximum Gasteiger partial charge on any atom is 0.340 e. The fourth-order valence-corrected chi connectivity index (χ4v) is 3.41. The summed E-state index contributed by atoms with van der Waals surface area (Å²) in [5.41, 5.74) is 0.672. The molecule has 126 valence electrons. The van der Waals surface area contributed by atoms with Crippen LogP contribution in [0.4, 0.5) is 5.69 Å². The number of nitro groups is 1. The van der Waals surface area contributed by atoms with Gasteiger partial charge in [-0.3, -0.25) is 19.9 Å². The number of esters is 1. The Morgan fingerprint density at radius 3 is 2.46 bits per heavy atom. The van der Waals surface area contributed by atoms with E-state index in [1.807, 2.05) is 0 Å². The Kier molecular flexibility index (Phi) is 5.35. The number of amides is 1. The summed E-state index contributed by atoms with van der Waals surface area (Å²) in [5, 5.41) is 13.4. The fraction of sp³-hybridized carbons (Fsp3) is 0.267. The summed E-state index contributed by atoms with van der Waals surface area (Å²) in [4.78, 5) is 38.5. The summed E-state index contributed by atoms with van der Waals surface area (Å²) < 4.78 is 4.80. The van der Waals surface area contributed by atoms with Gasteiger partial charge in [-0.2, -0.15) is 0 Å². The monoisotopic (exact) mass is 349 g/mol. The van der Waals surface area contributed by atoms with Crippen molar-refractivity contribution in [2.24, 2.45) is 4.99 Å². The van der Waals surface area contributed by atoms with Gasteiger partial charge >= 0.3 is 5.97 Å². The molecule has 1 amide bonds. The number of thioether (sulfide) groups is 1. The Bertz CT molecular complexity index is 755. The number of nitro benzene ring substituents is 1. The van der Waals surface area contributed by atoms with Gasteiger partial charge in [0.1, 0.15) is 0 Å². The molecule has 0 radical (unpaired) electrons. The second-order valence-corrected chi connectivity index (χ2v) is 5.98. The number of hydrogen-bond donors (Lipinski definition) is 1. The van der Waals surface area contributed by atoms with Gasteiger partial charge < -0.3 is 10.1 Å². The molecule has 1 aliphatic rings. The number of non-ortho nitro benzene ring substituents is 1. The maximum atomic E-state index is 12.1. The highest BCUT2D eigenvalue weighted by Crippen LogP contribution is 2.38. The van der Waals surface area contributed by atoms with Crippen LogP contribution in [-0.2, 0) is 14.3 Å². The number of methoxy groups -OCH3 is 1. The van der Waals surface area contributed by atoms with Crippen molar-refractivity contribution >= 4 is 39.9 Å². The van der Waals surface area contributed by atoms with E-state index in [-0.39, 0.29) is 17.2 Å². The molecule has 9 heteroatoms. The molecule has 1 unspecified atom stereocenters. The molecule has 0 aromatic heterocycles. The van der Waals surface area contributed by atoms with Crippen molar-refractivity contribution in [2.75, 3.05) is 7.11 Å². The van der Waals surface area contributed by atoms with Gasteiger partial charge in [-0.1, -0.05) is 11.8 Å². The highest BCUT2D eigenvalue weighted by Gasteiger charge is 2.28. The number of nitrogens with one attached hydrogen (secondary N) is 1. The molecule has 0 aliphatic carbocycles. The van der Waals surface area contributed by atoms with E-state index in [0.29, 0.717) is 16.2 Å². The summed E-state index contributed by atoms with van der Waals surface area (Å²) >= 11 is 1.17. The number of hydrogen-bond acceptors (Lipinski definition) is 7. The van der Waals surface area contributed by atoms with Crippen LogP contribution in [0.1, 0.15) is 19.4 Å². The number of aliphatic imine (C=N–C) groups is 1. The summed E-state index contributed by atoms with van der Waals surface area (Å²) in [6.07, 6.45) is 0. The molecule has 1 aliphatic heterocycles. The van der Waals surface area contributed by atoms with Crippen molar-refractivity contribution in [3.05, 3.63) is 45.5 Å². The Morgan fingerprint density at radius 1 is 1.33 bits per heavy atom. The number of carbonyl (C=O) groups excluding carboxylic acids is 2. The van der Waals surface area contributed by atoms with E-state index < -0.39 is 16.4 Å². The molecule has 24 heavy (non-hydrogen) atoms. The zero-order valence-electron chi connectivity index (χ0n) is 13.2. The van der Waals surface area contributed by atoms with Crippen LogP contribution in [0.5, 0.6) is 0 Å². The van der Waals surface area contributed by atoms with Crippen molar-refractivity contribution in [1.29, 1.82) is 0 Å². The molecule has 1 aromatic carbocycles. The Morgan fingerprint density at radius 2 is 1.96 bits per heavy atom. The molecule has 0 saturated carbocycles. The normalized spacial score (nSPS) is 17.1. The lowest BCUT2D eigenvalue weighted by Crippen LogP contribution is -2.32. The lowest BCUT2D eigenvalue weighted by atomic mass is 10.1. The van der Waals surface area contributed by atoms with Crippen LogP contribution in [0.25, 0.3) is 4.91 Å². The standard InChI is InChI=1S/C15H15N3O5S/c1-8-12(14(20)23-3)13(24-15(16-8)17-9(2)19)10-4-6-11(7-5-10)18(21)22/h4-7,15H,1-3H3,(H,17,19). The van der Waals surface area contributed by atoms with Gasteiger partial charge in [-0.05, 0) is 24.6 Å². The Balaban J connectivity index is 2.49. The van der Waals surface area contributed by atoms with E-state index in [1.165, 1.54) is 37.9 Å². The molecule has 2 rings (SSSR count). The predicted octanol–water partition coefficient (Wildman–Crippen LogP) is 2.11. The molecule has 0 fully saturated rings. The van der Waals surface area contributed by atoms with Crippen molar-refractivity contribution in [3.63, 3.8) is 0 Å². The first kappa shape index (κ1) is 17.7. The van der Waals surface area contributed by atoms with Crippen LogP contribution < -0.4 is 5.32 Å². The van der Waals surface area contributed by atoms with E-state index >= 15 is 0 Å². The van der Waals surface area contributed by atoms with Crippen LogP contribution in [0, 0.1) is 10.1 Å². The third-order valence-electron chi connectivity index (χ3n) is 3.19. The SMILES string of the molecule is COC(=O)C1=C(c2ccc([N+](=O)[O-])cc2)SC(NC(C)=O)N=C1C. The molecular weight excluding hydrogens is 334 g/mol. The smallest absolute Gasteiger partial charge is 0.340 e. The van der Waals surface area contributed by atoms with Crippen LogP contribution in [0.3, 0.4) is 0 Å². The third kappa shape index (κ3) is 3.80. The summed E-state index contributed by atoms with van der Waals surface area (Å²) in [6.45, 7) is 3.02. The van der Waals surface area contributed by atoms with E-state index in [4.69, 9.17) is 4.74 Å². The van der Waals surface area contributed by atoms with Crippen molar-refractivity contribution in [1.82, 2.24) is 5.32 Å². The van der Waals surface area contributed by atoms with Gasteiger partial charge in [-0.25, -0.2) is 4.79 Å². The lowest BCUT2D eigenvalue weighted by Gasteiger charge is -2.24. The molecule has 8 nitrogen and oxygen atoms in total. The molecular formula is C15H15N3O5S. The minimum atomic E-state index is -0.582. The Labute approximate surface area is 142 Å². The first-order valence-corrected chi connectivity index (χ1v) is 7.77. The van der Waals surface area contributed by atoms with Gasteiger partial charge in [0.25, 0.3) is 5.69 Å². The molecule has 1 N–H and O–H groups in total. The first-order chi connectivity index (χ1) is 11.3. The average molecular weight is 349 g/mol. The summed E-state index contributed by atoms with van der Waals surface area (Å²) in [5.74, 6) is -0.813. The van der Waals surface area contributed by atoms with Crippen LogP contribution in [0.2, 0.25) is 0 Å². The van der Waals surface area contributed by atoms with Gasteiger partial charge in [0.05, 0.1) is 23.3 Å². The number of rotatable bonds is 4. The topological polar surface area (TPSA) is 111 Å². The van der Waals surface area contributed by atoms with Crippen LogP contribution in [-0.4, -0.2) is 35.1 Å². The zero-order valence-corrected chi connectivity index (χ0v) is 14.0. The van der Waals surface area contributed by atoms with E-state index in [0.717, 1.165) is 0 Å². The number of nitrogens with zero attached hydrogens (tertiary/aromatic N) is 2. The van der Waals surface area contributed by atoms with E-state index in [9.17, 15) is 19.7 Å². The summed E-state index contributed by atoms with van der Waals surface area (Å²) in [7, 11) is 1.26. The van der Waals surface area contributed by atoms with Gasteiger partial charge in [0.2, 0.25) is 5.91 Å². The number of benzene rings is 1. The van der Waals surface area contributed by atoms with Gasteiger partial charge in [0, 0.05) is 24.0 Å². The van der Waals surface area contributed by atoms with Gasteiger partial charge in [-0.15, -0.1) is 0 Å². The highest BCUT2D eigenvalue weighted by molar-refractivity contribution is 8.09. The first-order valence-electron chi connectivity index (χ1n) is 6.89. The molecule has 1 atom stereocenters. The zero-order chi connectivity index (χ0) is 17.9. The van der Waals surface area contributed by atoms with Crippen molar-refractivity contribution in [3.8, 4) is 0 Å². The number of ether oxygens (including phenoxy) is 1. The van der Waals surface area contributed by atoms with Crippen LogP contribution in [0.15, 0.2) is 34.8 Å². The van der Waals surface area contributed by atoms with Gasteiger partial charge in [0.15, 0.2) is 5.50 Å². The quantitative estimate of drug-likeness (QED) is 0.506. The molecule has 0 bridgehead atoms. The van der Waals surface area contributed by atoms with E-state index in [1.54, 1.807) is 19.1 Å². The minimum Gasteiger partial charge on any atom is -0.465 e. The van der Waals surface area contributed by atoms with Crippen molar-refractivity contribution in [2.45, 2.75) is 19.3 Å².